The number of nitrogens with one attached hydrogen (secondary N) is 2. The number of ether oxygens (including phenoxy) is 2. The average molecular weight is 594 g/mol. The number of hydrogen-bond acceptors (Lipinski definition) is 6. The Balaban J connectivity index is 2.53. The molecule has 2 rings (SSSR count). The van der Waals surface area contributed by atoms with Crippen molar-refractivity contribution < 1.29 is 28.7 Å². The number of amides is 3. The molecule has 0 bridgehead atoms. The van der Waals surface area contributed by atoms with Gasteiger partial charge >= 0.3 is 12.1 Å². The van der Waals surface area contributed by atoms with Crippen molar-refractivity contribution in [2.75, 3.05) is 19.7 Å². The minimum absolute atomic E-state index is 0.000387. The van der Waals surface area contributed by atoms with Crippen LogP contribution in [0.1, 0.15) is 83.0 Å². The molecule has 0 radical (unpaired) electrons. The molecule has 9 heteroatoms. The number of hydrogen-bond donors (Lipinski definition) is 2. The predicted octanol–water partition coefficient (Wildman–Crippen LogP) is 5.59. The van der Waals surface area contributed by atoms with Crippen LogP contribution in [0.25, 0.3) is 6.08 Å². The second kappa shape index (κ2) is 17.7. The number of rotatable bonds is 16. The number of benzene rings is 2. The van der Waals surface area contributed by atoms with Crippen LogP contribution in [0.15, 0.2) is 61.2 Å². The van der Waals surface area contributed by atoms with Crippen LogP contribution in [0.3, 0.4) is 0 Å². The second-order valence-electron chi connectivity index (χ2n) is 11.3. The molecule has 9 nitrogen and oxygen atoms in total. The lowest BCUT2D eigenvalue weighted by molar-refractivity contribution is -0.144. The van der Waals surface area contributed by atoms with Gasteiger partial charge in [0, 0.05) is 19.5 Å². The lowest BCUT2D eigenvalue weighted by atomic mass is 9.98. The number of carbonyl (C=O) groups is 4. The fourth-order valence-corrected chi connectivity index (χ4v) is 4.55. The van der Waals surface area contributed by atoms with Crippen LogP contribution in [0.4, 0.5) is 4.79 Å². The fourth-order valence-electron chi connectivity index (χ4n) is 4.55. The molecule has 2 unspecified atom stereocenters. The highest BCUT2D eigenvalue weighted by Crippen LogP contribution is 2.25. The second-order valence-corrected chi connectivity index (χ2v) is 11.3. The van der Waals surface area contributed by atoms with E-state index in [2.05, 4.69) is 24.1 Å². The van der Waals surface area contributed by atoms with Gasteiger partial charge in [0.2, 0.25) is 11.8 Å². The highest BCUT2D eigenvalue weighted by molar-refractivity contribution is 5.92. The van der Waals surface area contributed by atoms with Gasteiger partial charge in [-0.1, -0.05) is 81.0 Å². The first-order valence-corrected chi connectivity index (χ1v) is 15.0. The monoisotopic (exact) mass is 593 g/mol. The Morgan fingerprint density at radius 1 is 1.00 bits per heavy atom. The summed E-state index contributed by atoms with van der Waals surface area (Å²) in [5.74, 6) is -1.28. The molecule has 0 aliphatic heterocycles. The van der Waals surface area contributed by atoms with Gasteiger partial charge in [0.1, 0.15) is 17.7 Å². The van der Waals surface area contributed by atoms with Crippen molar-refractivity contribution in [1.29, 1.82) is 0 Å². The van der Waals surface area contributed by atoms with E-state index in [1.165, 1.54) is 4.90 Å². The van der Waals surface area contributed by atoms with Crippen LogP contribution < -0.4 is 10.6 Å². The molecule has 0 heterocycles. The van der Waals surface area contributed by atoms with Gasteiger partial charge in [0.15, 0.2) is 0 Å². The molecule has 2 N–H and O–H groups in total. The molecule has 2 aromatic carbocycles. The molecule has 0 saturated carbocycles. The summed E-state index contributed by atoms with van der Waals surface area (Å²) in [5, 5.41) is 5.59. The number of alkyl carbamates (subject to hydrolysis) is 1. The van der Waals surface area contributed by atoms with Crippen molar-refractivity contribution >= 4 is 30.0 Å². The zero-order valence-electron chi connectivity index (χ0n) is 26.2. The van der Waals surface area contributed by atoms with Gasteiger partial charge in [0.25, 0.3) is 0 Å². The summed E-state index contributed by atoms with van der Waals surface area (Å²) in [6.45, 7) is 13.5. The first-order chi connectivity index (χ1) is 20.5. The van der Waals surface area contributed by atoms with E-state index in [1.807, 2.05) is 42.5 Å². The summed E-state index contributed by atoms with van der Waals surface area (Å²) in [6, 6.07) is 14.6. The Morgan fingerprint density at radius 3 is 2.35 bits per heavy atom. The largest absolute Gasteiger partial charge is 0.466 e. The van der Waals surface area contributed by atoms with Crippen molar-refractivity contribution in [3.8, 4) is 0 Å². The summed E-state index contributed by atoms with van der Waals surface area (Å²) >= 11 is 0. The van der Waals surface area contributed by atoms with E-state index >= 15 is 0 Å². The molecule has 2 atom stereocenters. The fraction of sp³-hybridized carbons (Fsp3) is 0.471. The summed E-state index contributed by atoms with van der Waals surface area (Å²) in [5.41, 5.74) is 1.45. The van der Waals surface area contributed by atoms with Gasteiger partial charge in [-0.15, -0.1) is 0 Å². The SMILES string of the molecule is C=Cc1cccc(C(C(=O)NCCC(=O)OCC)N(CCCCC)C(=O)C(Cc2ccccc2)NC(=O)OC(C)(C)C)c1. The molecular formula is C34H47N3O6. The molecule has 2 aromatic rings. The van der Waals surface area contributed by atoms with E-state index < -0.39 is 41.6 Å². The molecule has 0 saturated heterocycles. The summed E-state index contributed by atoms with van der Waals surface area (Å²) in [7, 11) is 0. The maximum Gasteiger partial charge on any atom is 0.408 e. The van der Waals surface area contributed by atoms with Crippen molar-refractivity contribution in [2.45, 2.75) is 84.4 Å². The smallest absolute Gasteiger partial charge is 0.408 e. The van der Waals surface area contributed by atoms with Crippen LogP contribution >= 0.6 is 0 Å². The average Bonchev–Trinajstić information content (AvgIpc) is 2.95. The van der Waals surface area contributed by atoms with E-state index in [0.717, 1.165) is 24.0 Å². The number of nitrogens with zero attached hydrogens (tertiary/aromatic N) is 1. The molecule has 43 heavy (non-hydrogen) atoms. The summed E-state index contributed by atoms with van der Waals surface area (Å²) in [6.07, 6.45) is 3.56. The highest BCUT2D eigenvalue weighted by Gasteiger charge is 2.36. The van der Waals surface area contributed by atoms with Gasteiger partial charge < -0.3 is 25.0 Å². The molecular weight excluding hydrogens is 546 g/mol. The molecule has 0 aliphatic rings. The zero-order chi connectivity index (χ0) is 31.8. The standard InChI is InChI=1S/C34H47N3O6/c1-7-10-14-22-37(32(40)28(24-26-16-12-11-13-17-26)36-33(41)43-34(4,5)6)30(27-19-15-18-25(8-2)23-27)31(39)35-21-20-29(38)42-9-3/h8,11-13,15-19,23,28,30H,2,7,9-10,14,20-22,24H2,1,3-6H3,(H,35,39)(H,36,41). The third-order valence-electron chi connectivity index (χ3n) is 6.51. The minimum Gasteiger partial charge on any atom is -0.466 e. The molecule has 0 aliphatic carbocycles. The maximum absolute atomic E-state index is 14.5. The summed E-state index contributed by atoms with van der Waals surface area (Å²) < 4.78 is 10.5. The van der Waals surface area contributed by atoms with Crippen LogP contribution in [0, 0.1) is 0 Å². The lowest BCUT2D eigenvalue weighted by Gasteiger charge is -2.35. The van der Waals surface area contributed by atoms with Gasteiger partial charge in [-0.25, -0.2) is 4.79 Å². The van der Waals surface area contributed by atoms with Crippen LogP contribution in [-0.4, -0.2) is 60.1 Å². The normalized spacial score (nSPS) is 12.4. The van der Waals surface area contributed by atoms with Crippen LogP contribution in [-0.2, 0) is 30.3 Å². The van der Waals surface area contributed by atoms with Crippen molar-refractivity contribution in [2.24, 2.45) is 0 Å². The van der Waals surface area contributed by atoms with Gasteiger partial charge in [0.05, 0.1) is 13.0 Å². The number of carbonyl (C=O) groups excluding carboxylic acids is 4. The predicted molar refractivity (Wildman–Crippen MR) is 168 cm³/mol. The van der Waals surface area contributed by atoms with Gasteiger partial charge in [-0.05, 0) is 56.9 Å². The van der Waals surface area contributed by atoms with E-state index in [0.29, 0.717) is 12.0 Å². The van der Waals surface area contributed by atoms with E-state index in [9.17, 15) is 19.2 Å². The Hall–Kier alpha value is -4.14. The van der Waals surface area contributed by atoms with Crippen molar-refractivity contribution in [3.63, 3.8) is 0 Å². The molecule has 3 amide bonds. The van der Waals surface area contributed by atoms with Gasteiger partial charge in [-0.3, -0.25) is 14.4 Å². The van der Waals surface area contributed by atoms with E-state index in [4.69, 9.17) is 9.47 Å². The molecule has 0 aromatic heterocycles. The van der Waals surface area contributed by atoms with Crippen molar-refractivity contribution in [1.82, 2.24) is 15.5 Å². The summed E-state index contributed by atoms with van der Waals surface area (Å²) in [4.78, 5) is 54.7. The molecule has 0 spiro atoms. The minimum atomic E-state index is -1.02. The maximum atomic E-state index is 14.5. The highest BCUT2D eigenvalue weighted by atomic mass is 16.6. The Labute approximate surface area is 256 Å². The van der Waals surface area contributed by atoms with Crippen LogP contribution in [0.5, 0.6) is 0 Å². The lowest BCUT2D eigenvalue weighted by Crippen LogP contribution is -2.54. The van der Waals surface area contributed by atoms with Crippen LogP contribution in [0.2, 0.25) is 0 Å². The Bertz CT molecular complexity index is 1210. The van der Waals surface area contributed by atoms with Gasteiger partial charge in [-0.2, -0.15) is 0 Å². The molecule has 234 valence electrons. The number of esters is 1. The third-order valence-corrected chi connectivity index (χ3v) is 6.51. The van der Waals surface area contributed by atoms with E-state index in [1.54, 1.807) is 45.9 Å². The third kappa shape index (κ3) is 12.3. The topological polar surface area (TPSA) is 114 Å². The first kappa shape index (κ1) is 35.1. The Kier molecular flexibility index (Phi) is 14.5. The molecule has 0 fully saturated rings. The zero-order valence-corrected chi connectivity index (χ0v) is 26.2. The number of unbranched alkanes of at least 4 members (excludes halogenated alkanes) is 2. The van der Waals surface area contributed by atoms with E-state index in [-0.39, 0.29) is 32.5 Å². The Morgan fingerprint density at radius 2 is 1.72 bits per heavy atom. The first-order valence-electron chi connectivity index (χ1n) is 15.0. The van der Waals surface area contributed by atoms with Crippen molar-refractivity contribution in [3.05, 3.63) is 77.9 Å². The quantitative estimate of drug-likeness (QED) is 0.194.